The predicted molar refractivity (Wildman–Crippen MR) is 50.3 cm³/mol. The van der Waals surface area contributed by atoms with Gasteiger partial charge in [-0.2, -0.15) is 0 Å². The molecule has 0 amide bonds. The summed E-state index contributed by atoms with van der Waals surface area (Å²) < 4.78 is 17.1. The van der Waals surface area contributed by atoms with Crippen molar-refractivity contribution in [2.45, 2.75) is 16.4 Å². The van der Waals surface area contributed by atoms with Crippen molar-refractivity contribution >= 4 is 0 Å². The fraction of sp³-hybridized carbons (Fsp3) is 0.778. The monoisotopic (exact) mass is 224 g/mol. The summed E-state index contributed by atoms with van der Waals surface area (Å²) in [7, 11) is 3.46. The Bertz CT molecular complexity index is 135. The topological polar surface area (TPSA) is 27.7 Å². The van der Waals surface area contributed by atoms with E-state index < -0.39 is 17.4 Å². The molecule has 0 bridgehead atoms. The maximum atomic E-state index is 5.38. The van der Waals surface area contributed by atoms with E-state index in [1.807, 2.05) is 0 Å². The van der Waals surface area contributed by atoms with Gasteiger partial charge in [0.2, 0.25) is 0 Å². The fourth-order valence-corrected chi connectivity index (χ4v) is 3.08. The Morgan fingerprint density at radius 1 is 1.31 bits per heavy atom. The van der Waals surface area contributed by atoms with Gasteiger partial charge in [0.05, 0.1) is 0 Å². The molecule has 3 nitrogen and oxygen atoms in total. The Kier molecular flexibility index (Phi) is 7.91. The minimum absolute atomic E-state index is 0.629. The van der Waals surface area contributed by atoms with E-state index in [1.165, 1.54) is 0 Å². The third-order valence-electron chi connectivity index (χ3n) is 2.02. The standard InChI is InChI=1S/C6H11O.2CH3O.CH3.Ti/c1-3-5-7-6-4-2;2*1-2;;/h3H,1-2,4-6H2;2*1H3;1H3;/q;2*-1;;+2. The van der Waals surface area contributed by atoms with Crippen molar-refractivity contribution in [2.75, 3.05) is 27.4 Å². The first-order valence-corrected chi connectivity index (χ1v) is 8.41. The summed E-state index contributed by atoms with van der Waals surface area (Å²) in [5.41, 5.74) is 0. The Balaban J connectivity index is 3.44. The van der Waals surface area contributed by atoms with Crippen molar-refractivity contribution in [3.8, 4) is 0 Å². The van der Waals surface area contributed by atoms with Crippen LogP contribution in [0.2, 0.25) is 9.95 Å². The van der Waals surface area contributed by atoms with Gasteiger partial charge in [0, 0.05) is 0 Å². The molecule has 0 aromatic heterocycles. The molecule has 0 radical (unpaired) electrons. The van der Waals surface area contributed by atoms with Crippen molar-refractivity contribution in [3.63, 3.8) is 0 Å². The van der Waals surface area contributed by atoms with E-state index in [9.17, 15) is 0 Å². The second-order valence-corrected chi connectivity index (χ2v) is 8.61. The Labute approximate surface area is 85.4 Å². The summed E-state index contributed by atoms with van der Waals surface area (Å²) in [4.78, 5) is 0. The average molecular weight is 224 g/mol. The molecule has 0 fully saturated rings. The molecule has 0 aliphatic carbocycles. The van der Waals surface area contributed by atoms with E-state index >= 15 is 0 Å². The van der Waals surface area contributed by atoms with Crippen molar-refractivity contribution in [1.29, 1.82) is 0 Å². The van der Waals surface area contributed by atoms with Crippen LogP contribution >= 0.6 is 0 Å². The third-order valence-corrected chi connectivity index (χ3v) is 6.69. The molecule has 13 heavy (non-hydrogen) atoms. The summed E-state index contributed by atoms with van der Waals surface area (Å²) in [6.07, 6.45) is 2.76. The summed E-state index contributed by atoms with van der Waals surface area (Å²) in [5.74, 6) is 0. The quantitative estimate of drug-likeness (QED) is 0.359. The zero-order valence-electron chi connectivity index (χ0n) is 8.84. The van der Waals surface area contributed by atoms with E-state index in [2.05, 4.69) is 11.8 Å². The number of hydrogen-bond donors (Lipinski definition) is 0. The minimum atomic E-state index is -2.35. The van der Waals surface area contributed by atoms with Crippen LogP contribution in [0.3, 0.4) is 0 Å². The molecule has 0 saturated heterocycles. The van der Waals surface area contributed by atoms with Gasteiger partial charge in [-0.05, 0) is 0 Å². The molecule has 0 aromatic rings. The van der Waals surface area contributed by atoms with Gasteiger partial charge in [-0.1, -0.05) is 0 Å². The number of hydrogen-bond acceptors (Lipinski definition) is 3. The van der Waals surface area contributed by atoms with Crippen molar-refractivity contribution < 1.29 is 28.7 Å². The van der Waals surface area contributed by atoms with Crippen LogP contribution in [0.5, 0.6) is 0 Å². The molecule has 0 aliphatic rings. The van der Waals surface area contributed by atoms with Crippen molar-refractivity contribution in [1.82, 2.24) is 0 Å². The van der Waals surface area contributed by atoms with Gasteiger partial charge in [-0.25, -0.2) is 0 Å². The van der Waals surface area contributed by atoms with Crippen LogP contribution in [-0.2, 0) is 28.7 Å². The molecule has 0 N–H and O–H groups in total. The van der Waals surface area contributed by atoms with Crippen LogP contribution < -0.4 is 0 Å². The second kappa shape index (κ2) is 7.71. The number of rotatable bonds is 8. The van der Waals surface area contributed by atoms with Gasteiger partial charge < -0.3 is 0 Å². The van der Waals surface area contributed by atoms with E-state index in [0.717, 1.165) is 17.8 Å². The molecular formula is C9H20O3Ti. The molecule has 4 heteroatoms. The first kappa shape index (κ1) is 13.3. The average Bonchev–Trinajstić information content (AvgIpc) is 2.17. The Hall–Kier alpha value is 0.334. The molecule has 0 atom stereocenters. The molecule has 0 aliphatic heterocycles. The maximum absolute atomic E-state index is 5.38. The summed E-state index contributed by atoms with van der Waals surface area (Å²) in [5, 5.41) is 2.10. The zero-order chi connectivity index (χ0) is 10.2. The van der Waals surface area contributed by atoms with Crippen molar-refractivity contribution in [3.05, 3.63) is 12.7 Å². The molecule has 0 rings (SSSR count). The molecule has 0 heterocycles. The van der Waals surface area contributed by atoms with Gasteiger partial charge >= 0.3 is 85.2 Å². The molecule has 0 aromatic carbocycles. The van der Waals surface area contributed by atoms with Crippen LogP contribution in [0.1, 0.15) is 6.42 Å². The van der Waals surface area contributed by atoms with E-state index in [4.69, 9.17) is 11.4 Å². The van der Waals surface area contributed by atoms with Crippen LogP contribution in [-0.4, -0.2) is 27.4 Å². The van der Waals surface area contributed by atoms with Gasteiger partial charge in [0.1, 0.15) is 0 Å². The van der Waals surface area contributed by atoms with Crippen molar-refractivity contribution in [2.24, 2.45) is 0 Å². The molecule has 0 unspecified atom stereocenters. The van der Waals surface area contributed by atoms with Crippen LogP contribution in [0.4, 0.5) is 0 Å². The normalized spacial score (nSPS) is 11.6. The van der Waals surface area contributed by atoms with Crippen LogP contribution in [0.15, 0.2) is 12.7 Å². The number of ether oxygens (including phenoxy) is 1. The van der Waals surface area contributed by atoms with E-state index in [1.54, 1.807) is 20.3 Å². The second-order valence-electron chi connectivity index (χ2n) is 3.01. The Morgan fingerprint density at radius 2 is 1.92 bits per heavy atom. The van der Waals surface area contributed by atoms with Crippen LogP contribution in [0, 0.1) is 0 Å². The molecule has 78 valence electrons. The fourth-order valence-electron chi connectivity index (χ4n) is 0.949. The van der Waals surface area contributed by atoms with Gasteiger partial charge in [0.15, 0.2) is 0 Å². The summed E-state index contributed by atoms with van der Waals surface area (Å²) >= 11 is -2.35. The first-order valence-electron chi connectivity index (χ1n) is 4.47. The van der Waals surface area contributed by atoms with Gasteiger partial charge in [0.25, 0.3) is 0 Å². The zero-order valence-corrected chi connectivity index (χ0v) is 10.4. The van der Waals surface area contributed by atoms with Gasteiger partial charge in [-0.3, -0.25) is 0 Å². The summed E-state index contributed by atoms with van der Waals surface area (Å²) in [6.45, 7) is 4.97. The molecular weight excluding hydrogens is 204 g/mol. The molecule has 0 saturated carbocycles. The van der Waals surface area contributed by atoms with Gasteiger partial charge in [-0.15, -0.1) is 0 Å². The third kappa shape index (κ3) is 6.41. The van der Waals surface area contributed by atoms with E-state index in [-0.39, 0.29) is 0 Å². The Morgan fingerprint density at radius 3 is 2.38 bits per heavy atom. The first-order chi connectivity index (χ1) is 6.18. The summed E-state index contributed by atoms with van der Waals surface area (Å²) in [6, 6.07) is 0. The molecule has 0 spiro atoms. The SMILES string of the molecule is C=CCOCC[CH2][Ti]([CH3])([O]C)[O]C. The van der Waals surface area contributed by atoms with Crippen LogP contribution in [0.25, 0.3) is 0 Å². The van der Waals surface area contributed by atoms with E-state index in [0.29, 0.717) is 6.61 Å². The predicted octanol–water partition coefficient (Wildman–Crippen LogP) is 2.32.